The fraction of sp³-hybridized carbons (Fsp3) is 1.00. The summed E-state index contributed by atoms with van der Waals surface area (Å²) in [4.78, 5) is 0. The van der Waals surface area contributed by atoms with E-state index in [1.54, 1.807) is 0 Å². The SMILES string of the molecule is CC(C)S(C)(C)CCN. The van der Waals surface area contributed by atoms with Crippen LogP contribution in [0.1, 0.15) is 13.8 Å². The van der Waals surface area contributed by atoms with Crippen LogP contribution in [0.4, 0.5) is 0 Å². The zero-order chi connectivity index (χ0) is 7.49. The summed E-state index contributed by atoms with van der Waals surface area (Å²) in [6, 6.07) is 0. The maximum absolute atomic E-state index is 5.47. The maximum Gasteiger partial charge on any atom is -0.0000867 e. The highest BCUT2D eigenvalue weighted by atomic mass is 32.3. The molecule has 0 heterocycles. The second-order valence-corrected chi connectivity index (χ2v) is 7.76. The third kappa shape index (κ3) is 3.11. The van der Waals surface area contributed by atoms with E-state index in [4.69, 9.17) is 5.73 Å². The first-order valence-corrected chi connectivity index (χ1v) is 6.09. The minimum Gasteiger partial charge on any atom is -0.330 e. The molecule has 0 fully saturated rings. The van der Waals surface area contributed by atoms with Gasteiger partial charge >= 0.3 is 0 Å². The molecule has 0 aromatic rings. The Hall–Kier alpha value is 0.310. The Kier molecular flexibility index (Phi) is 3.59. The van der Waals surface area contributed by atoms with Crippen LogP contribution in [0.5, 0.6) is 0 Å². The normalized spacial score (nSPS) is 14.4. The third-order valence-corrected chi connectivity index (χ3v) is 5.76. The van der Waals surface area contributed by atoms with Crippen LogP contribution in [0, 0.1) is 0 Å². The van der Waals surface area contributed by atoms with Crippen molar-refractivity contribution in [1.29, 1.82) is 0 Å². The van der Waals surface area contributed by atoms with Crippen molar-refractivity contribution in [3.63, 3.8) is 0 Å². The van der Waals surface area contributed by atoms with E-state index in [9.17, 15) is 0 Å². The second kappa shape index (κ2) is 3.47. The summed E-state index contributed by atoms with van der Waals surface area (Å²) in [6.45, 7) is 5.41. The van der Waals surface area contributed by atoms with Crippen molar-refractivity contribution < 1.29 is 0 Å². The lowest BCUT2D eigenvalue weighted by Gasteiger charge is -2.35. The number of hydrogen-bond donors (Lipinski definition) is 1. The molecule has 0 atom stereocenters. The van der Waals surface area contributed by atoms with Crippen molar-refractivity contribution >= 4 is 10.0 Å². The van der Waals surface area contributed by atoms with E-state index in [1.165, 1.54) is 5.75 Å². The smallest absolute Gasteiger partial charge is 0.0000867 e. The van der Waals surface area contributed by atoms with E-state index >= 15 is 0 Å². The molecule has 2 N–H and O–H groups in total. The van der Waals surface area contributed by atoms with Crippen LogP contribution < -0.4 is 5.73 Å². The highest BCUT2D eigenvalue weighted by Gasteiger charge is 2.14. The molecule has 0 aromatic carbocycles. The summed E-state index contributed by atoms with van der Waals surface area (Å²) in [7, 11) is -0.373. The number of hydrogen-bond acceptors (Lipinski definition) is 1. The lowest BCUT2D eigenvalue weighted by molar-refractivity contribution is 1.06. The van der Waals surface area contributed by atoms with Crippen LogP contribution >= 0.6 is 10.0 Å². The first kappa shape index (κ1) is 9.31. The van der Waals surface area contributed by atoms with Gasteiger partial charge in [-0.3, -0.25) is 0 Å². The van der Waals surface area contributed by atoms with Crippen LogP contribution in [0.2, 0.25) is 0 Å². The molecule has 0 amide bonds. The Morgan fingerprint density at radius 3 is 1.89 bits per heavy atom. The van der Waals surface area contributed by atoms with Gasteiger partial charge in [0, 0.05) is 0 Å². The molecule has 0 unspecified atom stereocenters. The van der Waals surface area contributed by atoms with Crippen molar-refractivity contribution in [3.05, 3.63) is 0 Å². The molecule has 0 radical (unpaired) electrons. The molecule has 58 valence electrons. The van der Waals surface area contributed by atoms with Gasteiger partial charge in [0.2, 0.25) is 0 Å². The summed E-state index contributed by atoms with van der Waals surface area (Å²) in [5, 5.41) is 0.820. The van der Waals surface area contributed by atoms with E-state index < -0.39 is 0 Å². The molecule has 9 heavy (non-hydrogen) atoms. The minimum atomic E-state index is -0.373. The van der Waals surface area contributed by atoms with E-state index in [-0.39, 0.29) is 10.0 Å². The fourth-order valence-electron chi connectivity index (χ4n) is 0.539. The summed E-state index contributed by atoms with van der Waals surface area (Å²) in [5.41, 5.74) is 5.47. The Balaban J connectivity index is 3.70. The zero-order valence-corrected chi connectivity index (χ0v) is 7.79. The Bertz CT molecular complexity index is 79.0. The average Bonchev–Trinajstić information content (AvgIpc) is 1.65. The van der Waals surface area contributed by atoms with Gasteiger partial charge in [-0.1, -0.05) is 13.8 Å². The molecule has 0 saturated heterocycles. The van der Waals surface area contributed by atoms with Crippen LogP contribution in [-0.4, -0.2) is 30.1 Å². The Labute approximate surface area is 60.3 Å². The lowest BCUT2D eigenvalue weighted by Crippen LogP contribution is -2.18. The number of nitrogens with two attached hydrogens (primary N) is 1. The minimum absolute atomic E-state index is 0.373. The highest BCUT2D eigenvalue weighted by Crippen LogP contribution is 2.43. The monoisotopic (exact) mass is 149 g/mol. The van der Waals surface area contributed by atoms with E-state index in [2.05, 4.69) is 26.4 Å². The fourth-order valence-corrected chi connectivity index (χ4v) is 1.62. The lowest BCUT2D eigenvalue weighted by atomic mass is 10.6. The average molecular weight is 149 g/mol. The maximum atomic E-state index is 5.47. The van der Waals surface area contributed by atoms with Gasteiger partial charge in [-0.2, -0.15) is 0 Å². The van der Waals surface area contributed by atoms with Crippen molar-refractivity contribution in [2.75, 3.05) is 24.8 Å². The first-order valence-electron chi connectivity index (χ1n) is 3.40. The predicted octanol–water partition coefficient (Wildman–Crippen LogP) is 1.42. The van der Waals surface area contributed by atoms with Gasteiger partial charge < -0.3 is 5.73 Å². The molecule has 0 aliphatic carbocycles. The molecule has 0 aliphatic rings. The van der Waals surface area contributed by atoms with Crippen LogP contribution in [-0.2, 0) is 0 Å². The van der Waals surface area contributed by atoms with Crippen molar-refractivity contribution in [2.24, 2.45) is 5.73 Å². The Morgan fingerprint density at radius 1 is 1.33 bits per heavy atom. The van der Waals surface area contributed by atoms with Gasteiger partial charge in [0.15, 0.2) is 0 Å². The Morgan fingerprint density at radius 2 is 1.78 bits per heavy atom. The van der Waals surface area contributed by atoms with Gasteiger partial charge in [-0.05, 0) is 30.1 Å². The van der Waals surface area contributed by atoms with Crippen molar-refractivity contribution in [2.45, 2.75) is 19.1 Å². The predicted molar refractivity (Wildman–Crippen MR) is 48.5 cm³/mol. The second-order valence-electron chi connectivity index (χ2n) is 3.17. The third-order valence-electron chi connectivity index (χ3n) is 1.92. The van der Waals surface area contributed by atoms with Gasteiger partial charge in [-0.15, -0.1) is 0 Å². The van der Waals surface area contributed by atoms with Gasteiger partial charge in [-0.25, -0.2) is 10.0 Å². The molecule has 0 bridgehead atoms. The molecule has 0 aliphatic heterocycles. The largest absolute Gasteiger partial charge is 0.330 e. The van der Waals surface area contributed by atoms with Gasteiger partial charge in [0.1, 0.15) is 0 Å². The molecule has 0 saturated carbocycles. The van der Waals surface area contributed by atoms with E-state index in [0.717, 1.165) is 11.8 Å². The molecule has 0 aromatic heterocycles. The molecular formula is C7H19NS. The molecule has 2 heteroatoms. The quantitative estimate of drug-likeness (QED) is 0.645. The number of rotatable bonds is 3. The molecule has 1 nitrogen and oxygen atoms in total. The summed E-state index contributed by atoms with van der Waals surface area (Å²) >= 11 is 0. The van der Waals surface area contributed by atoms with Crippen molar-refractivity contribution in [3.8, 4) is 0 Å². The first-order chi connectivity index (χ1) is 4.00. The summed E-state index contributed by atoms with van der Waals surface area (Å²) in [5.74, 6) is 1.21. The summed E-state index contributed by atoms with van der Waals surface area (Å²) in [6.07, 6.45) is 4.70. The van der Waals surface area contributed by atoms with Crippen LogP contribution in [0.25, 0.3) is 0 Å². The summed E-state index contributed by atoms with van der Waals surface area (Å²) < 4.78 is 0. The van der Waals surface area contributed by atoms with Crippen molar-refractivity contribution in [1.82, 2.24) is 0 Å². The van der Waals surface area contributed by atoms with Gasteiger partial charge in [0.25, 0.3) is 0 Å². The topological polar surface area (TPSA) is 26.0 Å². The van der Waals surface area contributed by atoms with E-state index in [0.29, 0.717) is 0 Å². The molecule has 0 rings (SSSR count). The van der Waals surface area contributed by atoms with Crippen LogP contribution in [0.3, 0.4) is 0 Å². The molecular weight excluding hydrogens is 130 g/mol. The van der Waals surface area contributed by atoms with Gasteiger partial charge in [0.05, 0.1) is 0 Å². The van der Waals surface area contributed by atoms with E-state index in [1.807, 2.05) is 0 Å². The zero-order valence-electron chi connectivity index (χ0n) is 6.98. The van der Waals surface area contributed by atoms with Crippen LogP contribution in [0.15, 0.2) is 0 Å². The molecule has 0 spiro atoms. The standard InChI is InChI=1S/C7H19NS/c1-7(2)9(3,4)6-5-8/h7H,5-6,8H2,1-4H3. The highest BCUT2D eigenvalue weighted by molar-refractivity contribution is 8.33.